The van der Waals surface area contributed by atoms with E-state index in [0.29, 0.717) is 12.1 Å². The van der Waals surface area contributed by atoms with Crippen LogP contribution in [0.25, 0.3) is 0 Å². The van der Waals surface area contributed by atoms with E-state index in [2.05, 4.69) is 17.3 Å². The van der Waals surface area contributed by atoms with Gasteiger partial charge in [-0.05, 0) is 20.5 Å². The van der Waals surface area contributed by atoms with Crippen LogP contribution in [0.1, 0.15) is 6.42 Å². The summed E-state index contributed by atoms with van der Waals surface area (Å²) in [7, 11) is 5.94. The Hall–Kier alpha value is -0.120. The van der Waals surface area contributed by atoms with Gasteiger partial charge in [0.25, 0.3) is 0 Å². The smallest absolute Gasteiger partial charge is 0.0748 e. The Balaban J connectivity index is 2.41. The van der Waals surface area contributed by atoms with Gasteiger partial charge in [-0.1, -0.05) is 0 Å². The molecule has 1 heterocycles. The molecule has 0 spiro atoms. The maximum absolute atomic E-state index is 5.35. The number of hydrogen-bond donors (Lipinski definition) is 1. The highest BCUT2D eigenvalue weighted by Gasteiger charge is 2.25. The lowest BCUT2D eigenvalue weighted by atomic mass is 10.0. The third-order valence-electron chi connectivity index (χ3n) is 2.43. The zero-order valence-electron chi connectivity index (χ0n) is 7.63. The SMILES string of the molecule is CN[C@@H]1CN(C)CC[C@H]1OC. The van der Waals surface area contributed by atoms with Crippen molar-refractivity contribution in [3.63, 3.8) is 0 Å². The molecule has 1 fully saturated rings. The molecule has 1 aliphatic heterocycles. The van der Waals surface area contributed by atoms with Crippen molar-refractivity contribution in [3.05, 3.63) is 0 Å². The van der Waals surface area contributed by atoms with E-state index in [1.165, 1.54) is 0 Å². The summed E-state index contributed by atoms with van der Waals surface area (Å²) in [6, 6.07) is 0.499. The molecule has 0 unspecified atom stereocenters. The summed E-state index contributed by atoms with van der Waals surface area (Å²) in [5, 5.41) is 3.27. The van der Waals surface area contributed by atoms with E-state index in [1.54, 1.807) is 7.11 Å². The zero-order chi connectivity index (χ0) is 8.27. The molecule has 0 radical (unpaired) electrons. The van der Waals surface area contributed by atoms with E-state index in [9.17, 15) is 0 Å². The van der Waals surface area contributed by atoms with Gasteiger partial charge in [0.1, 0.15) is 0 Å². The van der Waals surface area contributed by atoms with Gasteiger partial charge in [0.05, 0.1) is 6.10 Å². The summed E-state index contributed by atoms with van der Waals surface area (Å²) < 4.78 is 5.35. The molecule has 0 aromatic heterocycles. The molecule has 1 saturated heterocycles. The van der Waals surface area contributed by atoms with Crippen molar-refractivity contribution in [2.75, 3.05) is 34.3 Å². The first-order valence-electron chi connectivity index (χ1n) is 4.16. The molecule has 1 N–H and O–H groups in total. The number of ether oxygens (including phenoxy) is 1. The molecule has 0 aromatic rings. The molecule has 1 aliphatic rings. The number of likely N-dealkylation sites (N-methyl/N-ethyl adjacent to an activating group) is 2. The van der Waals surface area contributed by atoms with Gasteiger partial charge < -0.3 is 15.0 Å². The second-order valence-corrected chi connectivity index (χ2v) is 3.22. The molecule has 0 saturated carbocycles. The van der Waals surface area contributed by atoms with Gasteiger partial charge in [0, 0.05) is 26.2 Å². The number of nitrogens with one attached hydrogen (secondary N) is 1. The zero-order valence-corrected chi connectivity index (χ0v) is 7.63. The summed E-state index contributed by atoms with van der Waals surface area (Å²) in [6.07, 6.45) is 1.54. The minimum atomic E-state index is 0.399. The van der Waals surface area contributed by atoms with Crippen LogP contribution in [0.5, 0.6) is 0 Å². The number of piperidine rings is 1. The summed E-state index contributed by atoms with van der Waals surface area (Å²) in [5.41, 5.74) is 0. The first kappa shape index (κ1) is 8.97. The Bertz CT molecular complexity index is 119. The molecule has 11 heavy (non-hydrogen) atoms. The van der Waals surface area contributed by atoms with Crippen LogP contribution in [-0.2, 0) is 4.74 Å². The van der Waals surface area contributed by atoms with Crippen molar-refractivity contribution in [1.82, 2.24) is 10.2 Å². The van der Waals surface area contributed by atoms with Crippen molar-refractivity contribution in [2.45, 2.75) is 18.6 Å². The lowest BCUT2D eigenvalue weighted by Gasteiger charge is -2.35. The summed E-state index contributed by atoms with van der Waals surface area (Å²) in [4.78, 5) is 2.33. The van der Waals surface area contributed by atoms with Crippen LogP contribution in [0.3, 0.4) is 0 Å². The van der Waals surface area contributed by atoms with E-state index < -0.39 is 0 Å². The van der Waals surface area contributed by atoms with E-state index in [-0.39, 0.29) is 0 Å². The van der Waals surface area contributed by atoms with Gasteiger partial charge in [-0.15, -0.1) is 0 Å². The first-order valence-corrected chi connectivity index (χ1v) is 4.16. The van der Waals surface area contributed by atoms with Gasteiger partial charge in [0.15, 0.2) is 0 Å². The highest BCUT2D eigenvalue weighted by Crippen LogP contribution is 2.11. The molecule has 1 rings (SSSR count). The minimum absolute atomic E-state index is 0.399. The Morgan fingerprint density at radius 2 is 2.27 bits per heavy atom. The molecule has 3 nitrogen and oxygen atoms in total. The maximum atomic E-state index is 5.35. The van der Waals surface area contributed by atoms with E-state index in [1.807, 2.05) is 7.05 Å². The van der Waals surface area contributed by atoms with Gasteiger partial charge in [-0.3, -0.25) is 0 Å². The predicted molar refractivity (Wildman–Crippen MR) is 45.8 cm³/mol. The standard InChI is InChI=1S/C8H18N2O/c1-9-7-6-10(2)5-4-8(7)11-3/h7-9H,4-6H2,1-3H3/t7-,8-/m1/s1. The quantitative estimate of drug-likeness (QED) is 0.608. The Morgan fingerprint density at radius 3 is 2.82 bits per heavy atom. The number of nitrogens with zero attached hydrogens (tertiary/aromatic N) is 1. The molecule has 0 aromatic carbocycles. The van der Waals surface area contributed by atoms with Gasteiger partial charge in [-0.25, -0.2) is 0 Å². The third-order valence-corrected chi connectivity index (χ3v) is 2.43. The summed E-state index contributed by atoms with van der Waals surface area (Å²) >= 11 is 0. The predicted octanol–water partition coefficient (Wildman–Crippen LogP) is -0.0751. The normalized spacial score (nSPS) is 34.1. The monoisotopic (exact) mass is 158 g/mol. The summed E-state index contributed by atoms with van der Waals surface area (Å²) in [5.74, 6) is 0. The van der Waals surface area contributed by atoms with Gasteiger partial charge in [0.2, 0.25) is 0 Å². The second kappa shape index (κ2) is 4.04. The van der Waals surface area contributed by atoms with Crippen LogP contribution in [-0.4, -0.2) is 51.3 Å². The van der Waals surface area contributed by atoms with Gasteiger partial charge >= 0.3 is 0 Å². The van der Waals surface area contributed by atoms with Crippen LogP contribution in [0.15, 0.2) is 0 Å². The molecule has 66 valence electrons. The highest BCUT2D eigenvalue weighted by molar-refractivity contribution is 4.83. The fraction of sp³-hybridized carbons (Fsp3) is 1.00. The van der Waals surface area contributed by atoms with Gasteiger partial charge in [-0.2, -0.15) is 0 Å². The molecule has 0 bridgehead atoms. The molecular weight excluding hydrogens is 140 g/mol. The van der Waals surface area contributed by atoms with Crippen molar-refractivity contribution in [1.29, 1.82) is 0 Å². The Labute approximate surface area is 68.7 Å². The topological polar surface area (TPSA) is 24.5 Å². The molecule has 2 atom stereocenters. The average molecular weight is 158 g/mol. The molecule has 0 aliphatic carbocycles. The third kappa shape index (κ3) is 2.15. The second-order valence-electron chi connectivity index (χ2n) is 3.22. The van der Waals surface area contributed by atoms with E-state index in [4.69, 9.17) is 4.74 Å². The number of hydrogen-bond acceptors (Lipinski definition) is 3. The summed E-state index contributed by atoms with van der Waals surface area (Å²) in [6.45, 7) is 2.24. The van der Waals surface area contributed by atoms with Crippen molar-refractivity contribution in [3.8, 4) is 0 Å². The number of methoxy groups -OCH3 is 1. The van der Waals surface area contributed by atoms with Crippen molar-refractivity contribution in [2.24, 2.45) is 0 Å². The van der Waals surface area contributed by atoms with Crippen molar-refractivity contribution < 1.29 is 4.74 Å². The van der Waals surface area contributed by atoms with Crippen LogP contribution in [0, 0.1) is 0 Å². The van der Waals surface area contributed by atoms with E-state index >= 15 is 0 Å². The lowest BCUT2D eigenvalue weighted by Crippen LogP contribution is -2.51. The average Bonchev–Trinajstić information content (AvgIpc) is 2.04. The highest BCUT2D eigenvalue weighted by atomic mass is 16.5. The minimum Gasteiger partial charge on any atom is -0.380 e. The lowest BCUT2D eigenvalue weighted by molar-refractivity contribution is 0.0217. The van der Waals surface area contributed by atoms with Crippen LogP contribution >= 0.6 is 0 Å². The Kier molecular flexibility index (Phi) is 3.30. The first-order chi connectivity index (χ1) is 5.27. The maximum Gasteiger partial charge on any atom is 0.0748 e. The number of rotatable bonds is 2. The van der Waals surface area contributed by atoms with Crippen LogP contribution < -0.4 is 5.32 Å². The largest absolute Gasteiger partial charge is 0.380 e. The Morgan fingerprint density at radius 1 is 1.55 bits per heavy atom. The molecule has 3 heteroatoms. The van der Waals surface area contributed by atoms with Crippen LogP contribution in [0.4, 0.5) is 0 Å². The number of likely N-dealkylation sites (tertiary alicyclic amines) is 1. The van der Waals surface area contributed by atoms with E-state index in [0.717, 1.165) is 19.5 Å². The fourth-order valence-electron chi connectivity index (χ4n) is 1.65. The van der Waals surface area contributed by atoms with Crippen molar-refractivity contribution >= 4 is 0 Å². The molecule has 0 amide bonds. The fourth-order valence-corrected chi connectivity index (χ4v) is 1.65. The van der Waals surface area contributed by atoms with Crippen LogP contribution in [0.2, 0.25) is 0 Å². The molecular formula is C8H18N2O.